The summed E-state index contributed by atoms with van der Waals surface area (Å²) in [4.78, 5) is 4.41. The van der Waals surface area contributed by atoms with Crippen molar-refractivity contribution in [1.29, 1.82) is 0 Å². The van der Waals surface area contributed by atoms with Gasteiger partial charge in [-0.3, -0.25) is 4.98 Å². The molecule has 0 saturated heterocycles. The summed E-state index contributed by atoms with van der Waals surface area (Å²) in [6.45, 7) is 4.69. The third-order valence-electron chi connectivity index (χ3n) is 2.98. The molecule has 0 aliphatic rings. The Hall–Kier alpha value is -1.92. The Morgan fingerprint density at radius 2 is 1.90 bits per heavy atom. The summed E-state index contributed by atoms with van der Waals surface area (Å²) >= 11 is 0. The van der Waals surface area contributed by atoms with Crippen molar-refractivity contribution >= 4 is 15.7 Å². The van der Waals surface area contributed by atoms with Crippen LogP contribution in [0.15, 0.2) is 47.5 Å². The van der Waals surface area contributed by atoms with Gasteiger partial charge < -0.3 is 5.32 Å². The third-order valence-corrected chi connectivity index (χ3v) is 4.44. The lowest BCUT2D eigenvalue weighted by atomic mass is 10.2. The van der Waals surface area contributed by atoms with E-state index in [1.54, 1.807) is 30.5 Å². The smallest absolute Gasteiger partial charge is 0.242 e. The molecule has 112 valence electrons. The lowest BCUT2D eigenvalue weighted by Crippen LogP contribution is -2.24. The Labute approximate surface area is 125 Å². The summed E-state index contributed by atoms with van der Waals surface area (Å²) in [6, 6.07) is 10.6. The Bertz CT molecular complexity index is 697. The second-order valence-electron chi connectivity index (χ2n) is 4.66. The maximum absolute atomic E-state index is 12.4. The van der Waals surface area contributed by atoms with Crippen molar-refractivity contribution in [2.45, 2.75) is 25.3 Å². The Morgan fingerprint density at radius 3 is 2.57 bits per heavy atom. The highest BCUT2D eigenvalue weighted by atomic mass is 32.2. The van der Waals surface area contributed by atoms with E-state index < -0.39 is 10.0 Å². The number of aryl methyl sites for hydroxylation is 1. The number of sulfonamides is 1. The van der Waals surface area contributed by atoms with Crippen LogP contribution in [0.2, 0.25) is 0 Å². The molecule has 1 heterocycles. The number of nitrogens with zero attached hydrogens (tertiary/aromatic N) is 1. The molecule has 0 aliphatic carbocycles. The molecule has 2 N–H and O–H groups in total. The lowest BCUT2D eigenvalue weighted by molar-refractivity contribution is 0.581. The number of hydrogen-bond donors (Lipinski definition) is 2. The van der Waals surface area contributed by atoms with Gasteiger partial charge in [-0.25, -0.2) is 13.1 Å². The Balaban J connectivity index is 2.17. The lowest BCUT2D eigenvalue weighted by Gasteiger charge is -2.12. The fourth-order valence-corrected chi connectivity index (χ4v) is 3.10. The van der Waals surface area contributed by atoms with E-state index in [2.05, 4.69) is 15.0 Å². The first-order chi connectivity index (χ1) is 10.0. The van der Waals surface area contributed by atoms with Crippen molar-refractivity contribution < 1.29 is 8.42 Å². The second-order valence-corrected chi connectivity index (χ2v) is 6.39. The first-order valence-corrected chi connectivity index (χ1v) is 8.25. The molecule has 0 aliphatic heterocycles. The van der Waals surface area contributed by atoms with Gasteiger partial charge in [0.05, 0.1) is 5.69 Å². The van der Waals surface area contributed by atoms with Gasteiger partial charge >= 0.3 is 0 Å². The summed E-state index contributed by atoms with van der Waals surface area (Å²) in [5.41, 5.74) is 2.33. The van der Waals surface area contributed by atoms with E-state index in [4.69, 9.17) is 0 Å². The number of benzene rings is 1. The number of nitrogens with one attached hydrogen (secondary N) is 2. The minimum absolute atomic E-state index is 0.218. The third kappa shape index (κ3) is 4.03. The molecular weight excluding hydrogens is 286 g/mol. The zero-order valence-electron chi connectivity index (χ0n) is 12.1. The quantitative estimate of drug-likeness (QED) is 0.859. The zero-order valence-corrected chi connectivity index (χ0v) is 12.9. The minimum Gasteiger partial charge on any atom is -0.384 e. The van der Waals surface area contributed by atoms with Crippen molar-refractivity contribution in [2.24, 2.45) is 0 Å². The van der Waals surface area contributed by atoms with Crippen LogP contribution in [0.3, 0.4) is 0 Å². The fraction of sp³-hybridized carbons (Fsp3) is 0.267. The van der Waals surface area contributed by atoms with Gasteiger partial charge in [-0.05, 0) is 37.6 Å². The molecule has 2 rings (SSSR count). The van der Waals surface area contributed by atoms with Crippen LogP contribution < -0.4 is 10.0 Å². The minimum atomic E-state index is -3.56. The number of hydrogen-bond acceptors (Lipinski definition) is 4. The molecule has 21 heavy (non-hydrogen) atoms. The van der Waals surface area contributed by atoms with Crippen LogP contribution in [0, 0.1) is 6.92 Å². The molecule has 1 aromatic heterocycles. The van der Waals surface area contributed by atoms with E-state index in [9.17, 15) is 8.42 Å². The molecule has 6 heteroatoms. The van der Waals surface area contributed by atoms with Crippen LogP contribution in [-0.4, -0.2) is 19.9 Å². The molecule has 1 aromatic carbocycles. The molecule has 5 nitrogen and oxygen atoms in total. The molecule has 0 atom stereocenters. The highest BCUT2D eigenvalue weighted by Crippen LogP contribution is 2.20. The number of rotatable bonds is 6. The second kappa shape index (κ2) is 6.69. The van der Waals surface area contributed by atoms with Crippen molar-refractivity contribution in [3.05, 3.63) is 53.9 Å². The maximum Gasteiger partial charge on any atom is 0.242 e. The number of pyridine rings is 1. The molecule has 0 bridgehead atoms. The molecule has 2 aromatic rings. The van der Waals surface area contributed by atoms with Crippen LogP contribution in [0.4, 0.5) is 5.69 Å². The van der Waals surface area contributed by atoms with Gasteiger partial charge in [0.25, 0.3) is 0 Å². The summed E-state index contributed by atoms with van der Waals surface area (Å²) in [6.07, 6.45) is 1.67. The summed E-state index contributed by atoms with van der Waals surface area (Å²) < 4.78 is 27.4. The SMILES string of the molecule is CCNc1ccccc1S(=O)(=O)NCc1ccc(C)nc1. The van der Waals surface area contributed by atoms with Crippen molar-refractivity contribution in [3.63, 3.8) is 0 Å². The van der Waals surface area contributed by atoms with Gasteiger partial charge in [0.15, 0.2) is 0 Å². The molecule has 0 saturated carbocycles. The molecule has 0 amide bonds. The van der Waals surface area contributed by atoms with Crippen LogP contribution in [0.5, 0.6) is 0 Å². The number of aromatic nitrogens is 1. The van der Waals surface area contributed by atoms with Crippen molar-refractivity contribution in [1.82, 2.24) is 9.71 Å². The predicted octanol–water partition coefficient (Wildman–Crippen LogP) is 2.30. The van der Waals surface area contributed by atoms with E-state index >= 15 is 0 Å². The standard InChI is InChI=1S/C15H19N3O2S/c1-3-16-14-6-4-5-7-15(14)21(19,20)18-11-13-9-8-12(2)17-10-13/h4-10,16,18H,3,11H2,1-2H3. The largest absolute Gasteiger partial charge is 0.384 e. The first kappa shape index (κ1) is 15.5. The molecule has 0 radical (unpaired) electrons. The van der Waals surface area contributed by atoms with Crippen LogP contribution in [-0.2, 0) is 16.6 Å². The van der Waals surface area contributed by atoms with E-state index in [0.717, 1.165) is 11.3 Å². The Kier molecular flexibility index (Phi) is 4.93. The van der Waals surface area contributed by atoms with Gasteiger partial charge in [-0.15, -0.1) is 0 Å². The molecule has 0 unspecified atom stereocenters. The average molecular weight is 305 g/mol. The van der Waals surface area contributed by atoms with E-state index in [1.165, 1.54) is 0 Å². The predicted molar refractivity (Wildman–Crippen MR) is 83.6 cm³/mol. The van der Waals surface area contributed by atoms with Gasteiger partial charge in [-0.1, -0.05) is 18.2 Å². The molecule has 0 spiro atoms. The van der Waals surface area contributed by atoms with E-state index in [0.29, 0.717) is 12.2 Å². The summed E-state index contributed by atoms with van der Waals surface area (Å²) in [5, 5.41) is 3.06. The van der Waals surface area contributed by atoms with E-state index in [-0.39, 0.29) is 11.4 Å². The number of anilines is 1. The van der Waals surface area contributed by atoms with Crippen LogP contribution in [0.1, 0.15) is 18.2 Å². The van der Waals surface area contributed by atoms with Gasteiger partial charge in [0.1, 0.15) is 4.90 Å². The monoisotopic (exact) mass is 305 g/mol. The van der Waals surface area contributed by atoms with Crippen LogP contribution >= 0.6 is 0 Å². The van der Waals surface area contributed by atoms with Gasteiger partial charge in [0.2, 0.25) is 10.0 Å². The van der Waals surface area contributed by atoms with Gasteiger partial charge in [0, 0.05) is 25.0 Å². The highest BCUT2D eigenvalue weighted by Gasteiger charge is 2.17. The molecule has 0 fully saturated rings. The molecular formula is C15H19N3O2S. The average Bonchev–Trinajstić information content (AvgIpc) is 2.47. The maximum atomic E-state index is 12.4. The van der Waals surface area contributed by atoms with E-state index in [1.807, 2.05) is 26.0 Å². The highest BCUT2D eigenvalue weighted by molar-refractivity contribution is 7.89. The van der Waals surface area contributed by atoms with Crippen LogP contribution in [0.25, 0.3) is 0 Å². The van der Waals surface area contributed by atoms with Gasteiger partial charge in [-0.2, -0.15) is 0 Å². The summed E-state index contributed by atoms with van der Waals surface area (Å²) in [7, 11) is -3.56. The fourth-order valence-electron chi connectivity index (χ4n) is 1.90. The Morgan fingerprint density at radius 1 is 1.14 bits per heavy atom. The number of para-hydroxylation sites is 1. The van der Waals surface area contributed by atoms with Crippen molar-refractivity contribution in [3.8, 4) is 0 Å². The normalized spacial score (nSPS) is 11.3. The van der Waals surface area contributed by atoms with Crippen molar-refractivity contribution in [2.75, 3.05) is 11.9 Å². The summed E-state index contributed by atoms with van der Waals surface area (Å²) in [5.74, 6) is 0. The first-order valence-electron chi connectivity index (χ1n) is 6.77. The zero-order chi connectivity index (χ0) is 15.3. The topological polar surface area (TPSA) is 71.1 Å².